The van der Waals surface area contributed by atoms with E-state index < -0.39 is 0 Å². The first-order chi connectivity index (χ1) is 9.61. The Bertz CT molecular complexity index is 415. The number of anilines is 1. The normalized spacial score (nSPS) is 10.7. The van der Waals surface area contributed by atoms with Crippen LogP contribution in [0.1, 0.15) is 57.3 Å². The second kappa shape index (κ2) is 8.62. The molecule has 20 heavy (non-hydrogen) atoms. The van der Waals surface area contributed by atoms with Gasteiger partial charge in [0.2, 0.25) is 0 Å². The van der Waals surface area contributed by atoms with Gasteiger partial charge < -0.3 is 10.2 Å². The van der Waals surface area contributed by atoms with E-state index in [9.17, 15) is 4.79 Å². The highest BCUT2D eigenvalue weighted by Gasteiger charge is 2.20. The zero-order valence-corrected chi connectivity index (χ0v) is 13.3. The number of nitrogens with zero attached hydrogens (tertiary/aromatic N) is 1. The molecule has 0 aliphatic carbocycles. The van der Waals surface area contributed by atoms with E-state index in [1.807, 2.05) is 36.1 Å². The largest absolute Gasteiger partial charge is 0.385 e. The Morgan fingerprint density at radius 1 is 1.20 bits per heavy atom. The first-order valence-corrected chi connectivity index (χ1v) is 7.75. The van der Waals surface area contributed by atoms with Crippen LogP contribution in [-0.2, 0) is 0 Å². The third-order valence-corrected chi connectivity index (χ3v) is 3.41. The van der Waals surface area contributed by atoms with E-state index in [2.05, 4.69) is 26.1 Å². The molecule has 1 aromatic rings. The van der Waals surface area contributed by atoms with Gasteiger partial charge in [-0.2, -0.15) is 0 Å². The summed E-state index contributed by atoms with van der Waals surface area (Å²) in [5.74, 6) is 0.132. The van der Waals surface area contributed by atoms with Gasteiger partial charge in [-0.15, -0.1) is 0 Å². The van der Waals surface area contributed by atoms with Crippen molar-refractivity contribution in [1.82, 2.24) is 4.90 Å². The summed E-state index contributed by atoms with van der Waals surface area (Å²) in [4.78, 5) is 14.7. The second-order valence-corrected chi connectivity index (χ2v) is 5.38. The van der Waals surface area contributed by atoms with Gasteiger partial charge in [-0.05, 0) is 39.3 Å². The number of amides is 1. The molecule has 0 aliphatic rings. The lowest BCUT2D eigenvalue weighted by atomic mass is 10.1. The van der Waals surface area contributed by atoms with Crippen molar-refractivity contribution in [3.05, 3.63) is 29.8 Å². The summed E-state index contributed by atoms with van der Waals surface area (Å²) in [6.45, 7) is 10.1. The summed E-state index contributed by atoms with van der Waals surface area (Å²) < 4.78 is 0. The van der Waals surface area contributed by atoms with Gasteiger partial charge in [0.05, 0.1) is 5.56 Å². The molecule has 3 heteroatoms. The molecule has 1 rings (SSSR count). The lowest BCUT2D eigenvalue weighted by molar-refractivity contribution is 0.0703. The smallest absolute Gasteiger partial charge is 0.256 e. The molecule has 0 saturated heterocycles. The maximum absolute atomic E-state index is 12.8. The molecular formula is C17H28N2O. The van der Waals surface area contributed by atoms with Crippen LogP contribution in [0.25, 0.3) is 0 Å². The number of carbonyl (C=O) groups excluding carboxylic acids is 1. The minimum Gasteiger partial charge on any atom is -0.385 e. The minimum atomic E-state index is 0.132. The molecule has 0 spiro atoms. The fraction of sp³-hybridized carbons (Fsp3) is 0.588. The summed E-state index contributed by atoms with van der Waals surface area (Å²) in [5, 5.41) is 3.27. The fourth-order valence-electron chi connectivity index (χ4n) is 2.30. The fourth-order valence-corrected chi connectivity index (χ4v) is 2.30. The van der Waals surface area contributed by atoms with Gasteiger partial charge in [0.15, 0.2) is 0 Å². The Hall–Kier alpha value is -1.51. The van der Waals surface area contributed by atoms with E-state index in [-0.39, 0.29) is 11.9 Å². The van der Waals surface area contributed by atoms with E-state index in [1.54, 1.807) is 0 Å². The maximum atomic E-state index is 12.8. The molecule has 112 valence electrons. The Morgan fingerprint density at radius 2 is 1.90 bits per heavy atom. The lowest BCUT2D eigenvalue weighted by Gasteiger charge is -2.27. The molecular weight excluding hydrogens is 248 g/mol. The zero-order valence-electron chi connectivity index (χ0n) is 13.3. The number of benzene rings is 1. The number of carbonyl (C=O) groups is 1. The van der Waals surface area contributed by atoms with E-state index in [1.165, 1.54) is 12.8 Å². The monoisotopic (exact) mass is 276 g/mol. The SMILES string of the molecule is CCCCCN(C(=O)c1ccccc1NCC)C(C)C. The molecule has 0 saturated carbocycles. The summed E-state index contributed by atoms with van der Waals surface area (Å²) in [6, 6.07) is 8.01. The summed E-state index contributed by atoms with van der Waals surface area (Å²) >= 11 is 0. The molecule has 0 aliphatic heterocycles. The van der Waals surface area contributed by atoms with Crippen molar-refractivity contribution in [3.8, 4) is 0 Å². The lowest BCUT2D eigenvalue weighted by Crippen LogP contribution is -2.38. The Kier molecular flexibility index (Phi) is 7.13. The standard InChI is InChI=1S/C17H28N2O/c1-5-7-10-13-19(14(3)4)17(20)15-11-8-9-12-16(15)18-6-2/h8-9,11-12,14,18H,5-7,10,13H2,1-4H3. The molecule has 3 nitrogen and oxygen atoms in total. The molecule has 0 atom stereocenters. The number of rotatable bonds is 8. The molecule has 1 aromatic carbocycles. The number of unbranched alkanes of at least 4 members (excludes halogenated alkanes) is 2. The van der Waals surface area contributed by atoms with E-state index >= 15 is 0 Å². The van der Waals surface area contributed by atoms with Crippen LogP contribution < -0.4 is 5.32 Å². The molecule has 1 N–H and O–H groups in total. The van der Waals surface area contributed by atoms with Crippen LogP contribution in [0.15, 0.2) is 24.3 Å². The average molecular weight is 276 g/mol. The van der Waals surface area contributed by atoms with Gasteiger partial charge in [-0.25, -0.2) is 0 Å². The number of hydrogen-bond donors (Lipinski definition) is 1. The van der Waals surface area contributed by atoms with Crippen LogP contribution in [-0.4, -0.2) is 29.9 Å². The minimum absolute atomic E-state index is 0.132. The van der Waals surface area contributed by atoms with Crippen LogP contribution >= 0.6 is 0 Å². The molecule has 1 amide bonds. The highest BCUT2D eigenvalue weighted by molar-refractivity contribution is 5.99. The van der Waals surface area contributed by atoms with Crippen molar-refractivity contribution in [2.75, 3.05) is 18.4 Å². The van der Waals surface area contributed by atoms with Crippen LogP contribution in [0.3, 0.4) is 0 Å². The summed E-state index contributed by atoms with van der Waals surface area (Å²) in [5.41, 5.74) is 1.71. The van der Waals surface area contributed by atoms with Crippen LogP contribution in [0.4, 0.5) is 5.69 Å². The van der Waals surface area contributed by atoms with Crippen molar-refractivity contribution in [2.24, 2.45) is 0 Å². The molecule has 0 radical (unpaired) electrons. The van der Waals surface area contributed by atoms with Gasteiger partial charge in [0.1, 0.15) is 0 Å². The number of para-hydroxylation sites is 1. The first kappa shape index (κ1) is 16.5. The average Bonchev–Trinajstić information content (AvgIpc) is 2.43. The molecule has 0 heterocycles. The van der Waals surface area contributed by atoms with Crippen molar-refractivity contribution in [1.29, 1.82) is 0 Å². The van der Waals surface area contributed by atoms with Crippen LogP contribution in [0.2, 0.25) is 0 Å². The zero-order chi connectivity index (χ0) is 15.0. The van der Waals surface area contributed by atoms with Crippen LogP contribution in [0, 0.1) is 0 Å². The quantitative estimate of drug-likeness (QED) is 0.723. The predicted molar refractivity (Wildman–Crippen MR) is 86.3 cm³/mol. The van der Waals surface area contributed by atoms with E-state index in [0.717, 1.165) is 30.8 Å². The predicted octanol–water partition coefficient (Wildman–Crippen LogP) is 4.16. The van der Waals surface area contributed by atoms with Gasteiger partial charge in [0, 0.05) is 24.8 Å². The van der Waals surface area contributed by atoms with Crippen molar-refractivity contribution >= 4 is 11.6 Å². The molecule has 0 bridgehead atoms. The Morgan fingerprint density at radius 3 is 2.50 bits per heavy atom. The van der Waals surface area contributed by atoms with Crippen LogP contribution in [0.5, 0.6) is 0 Å². The van der Waals surface area contributed by atoms with Gasteiger partial charge >= 0.3 is 0 Å². The number of hydrogen-bond acceptors (Lipinski definition) is 2. The Labute approximate surface area is 123 Å². The Balaban J connectivity index is 2.88. The van der Waals surface area contributed by atoms with Gasteiger partial charge in [-0.1, -0.05) is 31.9 Å². The van der Waals surface area contributed by atoms with Crippen molar-refractivity contribution in [3.63, 3.8) is 0 Å². The topological polar surface area (TPSA) is 32.3 Å². The molecule has 0 unspecified atom stereocenters. The van der Waals surface area contributed by atoms with Crippen molar-refractivity contribution < 1.29 is 4.79 Å². The third kappa shape index (κ3) is 4.55. The number of nitrogens with one attached hydrogen (secondary N) is 1. The van der Waals surface area contributed by atoms with E-state index in [0.29, 0.717) is 0 Å². The second-order valence-electron chi connectivity index (χ2n) is 5.38. The van der Waals surface area contributed by atoms with Crippen molar-refractivity contribution in [2.45, 2.75) is 53.0 Å². The van der Waals surface area contributed by atoms with Gasteiger partial charge in [0.25, 0.3) is 5.91 Å². The first-order valence-electron chi connectivity index (χ1n) is 7.75. The highest BCUT2D eigenvalue weighted by Crippen LogP contribution is 2.19. The summed E-state index contributed by atoms with van der Waals surface area (Å²) in [6.07, 6.45) is 3.42. The van der Waals surface area contributed by atoms with Gasteiger partial charge in [-0.3, -0.25) is 4.79 Å². The maximum Gasteiger partial charge on any atom is 0.256 e. The molecule has 0 aromatic heterocycles. The highest BCUT2D eigenvalue weighted by atomic mass is 16.2. The third-order valence-electron chi connectivity index (χ3n) is 3.41. The molecule has 0 fully saturated rings. The van der Waals surface area contributed by atoms with E-state index in [4.69, 9.17) is 0 Å². The summed E-state index contributed by atoms with van der Waals surface area (Å²) in [7, 11) is 0.